The smallest absolute Gasteiger partial charge is 0.0896 e. The maximum absolute atomic E-state index is 10.9. The number of benzene rings is 1. The Hall–Kier alpha value is -0.550. The largest absolute Gasteiger partial charge is 0.385 e. The van der Waals surface area contributed by atoms with Crippen LogP contribution in [0.2, 0.25) is 0 Å². The Morgan fingerprint density at radius 3 is 2.46 bits per heavy atom. The predicted octanol–water partition coefficient (Wildman–Crippen LogP) is 4.51. The van der Waals surface area contributed by atoms with Gasteiger partial charge >= 0.3 is 0 Å². The zero-order valence-corrected chi connectivity index (χ0v) is 16.4. The number of aliphatic hydroxyl groups is 1. The third-order valence-corrected chi connectivity index (χ3v) is 6.16. The molecule has 1 aromatic rings. The molecule has 0 heterocycles. The minimum atomic E-state index is -0.596. The fourth-order valence-electron chi connectivity index (χ4n) is 3.36. The van der Waals surface area contributed by atoms with Gasteiger partial charge in [-0.05, 0) is 55.6 Å². The fraction of sp³-hybridized carbons (Fsp3) is 0.700. The maximum atomic E-state index is 10.9. The molecule has 0 atom stereocenters. The Labute approximate surface area is 152 Å². The quantitative estimate of drug-likeness (QED) is 0.507. The first-order valence-electron chi connectivity index (χ1n) is 9.54. The summed E-state index contributed by atoms with van der Waals surface area (Å²) in [7, 11) is 0. The van der Waals surface area contributed by atoms with Crippen LogP contribution in [0.25, 0.3) is 0 Å². The van der Waals surface area contributed by atoms with Gasteiger partial charge in [-0.1, -0.05) is 45.0 Å². The summed E-state index contributed by atoms with van der Waals surface area (Å²) in [6.45, 7) is 9.85. The molecule has 0 aromatic heterocycles. The SMILES string of the molecule is CCCN(CC)SNCCc1ccc(C2(O)CCC(C)CC2)cc1. The molecule has 0 unspecified atom stereocenters. The van der Waals surface area contributed by atoms with E-state index in [4.69, 9.17) is 0 Å². The van der Waals surface area contributed by atoms with Crippen molar-refractivity contribution in [1.82, 2.24) is 9.03 Å². The van der Waals surface area contributed by atoms with Crippen molar-refractivity contribution in [2.75, 3.05) is 19.6 Å². The molecule has 1 saturated carbocycles. The van der Waals surface area contributed by atoms with Crippen molar-refractivity contribution in [2.45, 2.75) is 64.9 Å². The Morgan fingerprint density at radius 1 is 1.21 bits per heavy atom. The van der Waals surface area contributed by atoms with Crippen LogP contribution in [0.3, 0.4) is 0 Å². The van der Waals surface area contributed by atoms with Crippen LogP contribution in [0.4, 0.5) is 0 Å². The van der Waals surface area contributed by atoms with E-state index < -0.39 is 5.60 Å². The lowest BCUT2D eigenvalue weighted by atomic mass is 9.76. The van der Waals surface area contributed by atoms with Crippen molar-refractivity contribution in [3.63, 3.8) is 0 Å². The summed E-state index contributed by atoms with van der Waals surface area (Å²) in [5, 5.41) is 10.9. The highest BCUT2D eigenvalue weighted by Gasteiger charge is 2.33. The molecular weight excluding hydrogens is 316 g/mol. The van der Waals surface area contributed by atoms with Crippen molar-refractivity contribution in [3.8, 4) is 0 Å². The molecule has 1 aliphatic rings. The summed E-state index contributed by atoms with van der Waals surface area (Å²) in [5.41, 5.74) is 1.83. The van der Waals surface area contributed by atoms with E-state index in [1.807, 2.05) is 0 Å². The summed E-state index contributed by atoms with van der Waals surface area (Å²) >= 11 is 1.73. The predicted molar refractivity (Wildman–Crippen MR) is 105 cm³/mol. The molecule has 24 heavy (non-hydrogen) atoms. The van der Waals surface area contributed by atoms with Gasteiger partial charge in [-0.15, -0.1) is 0 Å². The van der Waals surface area contributed by atoms with Gasteiger partial charge in [0.15, 0.2) is 0 Å². The molecule has 4 heteroatoms. The van der Waals surface area contributed by atoms with Crippen molar-refractivity contribution in [2.24, 2.45) is 5.92 Å². The topological polar surface area (TPSA) is 35.5 Å². The maximum Gasteiger partial charge on any atom is 0.0896 e. The van der Waals surface area contributed by atoms with Gasteiger partial charge in [0.1, 0.15) is 0 Å². The van der Waals surface area contributed by atoms with E-state index in [9.17, 15) is 5.11 Å². The van der Waals surface area contributed by atoms with Crippen LogP contribution in [-0.4, -0.2) is 29.0 Å². The Kier molecular flexibility index (Phi) is 8.08. The Bertz CT molecular complexity index is 469. The monoisotopic (exact) mass is 350 g/mol. The molecule has 1 fully saturated rings. The third kappa shape index (κ3) is 5.76. The molecular formula is C20H34N2OS. The van der Waals surface area contributed by atoms with Crippen LogP contribution in [0.5, 0.6) is 0 Å². The van der Waals surface area contributed by atoms with E-state index in [1.165, 1.54) is 12.0 Å². The second-order valence-electron chi connectivity index (χ2n) is 7.17. The molecule has 2 N–H and O–H groups in total. The summed E-state index contributed by atoms with van der Waals surface area (Å²) in [6.07, 6.45) is 6.26. The number of nitrogens with zero attached hydrogens (tertiary/aromatic N) is 1. The molecule has 0 spiro atoms. The first-order valence-corrected chi connectivity index (χ1v) is 10.3. The first-order chi connectivity index (χ1) is 11.6. The van der Waals surface area contributed by atoms with Crippen molar-refractivity contribution >= 4 is 12.1 Å². The summed E-state index contributed by atoms with van der Waals surface area (Å²) < 4.78 is 5.80. The highest BCUT2D eigenvalue weighted by atomic mass is 32.2. The molecule has 0 bridgehead atoms. The fourth-order valence-corrected chi connectivity index (χ4v) is 4.14. The second kappa shape index (κ2) is 9.81. The lowest BCUT2D eigenvalue weighted by Crippen LogP contribution is -2.30. The second-order valence-corrected chi connectivity index (χ2v) is 8.16. The van der Waals surface area contributed by atoms with Gasteiger partial charge in [0, 0.05) is 31.8 Å². The van der Waals surface area contributed by atoms with Gasteiger partial charge in [0.25, 0.3) is 0 Å². The molecule has 0 aliphatic heterocycles. The van der Waals surface area contributed by atoms with Gasteiger partial charge < -0.3 is 5.11 Å². The molecule has 3 nitrogen and oxygen atoms in total. The van der Waals surface area contributed by atoms with Crippen LogP contribution < -0.4 is 4.72 Å². The molecule has 0 saturated heterocycles. The lowest BCUT2D eigenvalue weighted by Gasteiger charge is -2.35. The van der Waals surface area contributed by atoms with Crippen LogP contribution in [0, 0.1) is 5.92 Å². The zero-order valence-electron chi connectivity index (χ0n) is 15.6. The number of rotatable bonds is 9. The number of hydrogen-bond acceptors (Lipinski definition) is 4. The first kappa shape index (κ1) is 19.8. The summed E-state index contributed by atoms with van der Waals surface area (Å²) in [4.78, 5) is 0. The summed E-state index contributed by atoms with van der Waals surface area (Å²) in [6, 6.07) is 8.63. The van der Waals surface area contributed by atoms with Crippen LogP contribution in [0.15, 0.2) is 24.3 Å². The standard InChI is InChI=1S/C20H34N2OS/c1-4-16-22(5-2)24-21-15-12-18-6-8-19(9-7-18)20(23)13-10-17(3)11-14-20/h6-9,17,21,23H,4-5,10-16H2,1-3H3. The average Bonchev–Trinajstić information content (AvgIpc) is 2.61. The zero-order chi connectivity index (χ0) is 17.4. The lowest BCUT2D eigenvalue weighted by molar-refractivity contribution is -0.0120. The van der Waals surface area contributed by atoms with E-state index in [2.05, 4.69) is 54.1 Å². The molecule has 0 radical (unpaired) electrons. The summed E-state index contributed by atoms with van der Waals surface area (Å²) in [5.74, 6) is 0.753. The van der Waals surface area contributed by atoms with Gasteiger partial charge in [-0.25, -0.2) is 4.31 Å². The normalized spacial score (nSPS) is 24.5. The van der Waals surface area contributed by atoms with E-state index in [1.54, 1.807) is 12.1 Å². The minimum Gasteiger partial charge on any atom is -0.385 e. The van der Waals surface area contributed by atoms with E-state index in [0.29, 0.717) is 0 Å². The van der Waals surface area contributed by atoms with Crippen LogP contribution in [0.1, 0.15) is 64.0 Å². The molecule has 136 valence electrons. The molecule has 2 rings (SSSR count). The highest BCUT2D eigenvalue weighted by Crippen LogP contribution is 2.39. The van der Waals surface area contributed by atoms with E-state index >= 15 is 0 Å². The Balaban J connectivity index is 1.78. The van der Waals surface area contributed by atoms with Crippen LogP contribution in [-0.2, 0) is 12.0 Å². The van der Waals surface area contributed by atoms with Gasteiger partial charge in [-0.3, -0.25) is 4.72 Å². The molecule has 0 amide bonds. The minimum absolute atomic E-state index is 0.596. The van der Waals surface area contributed by atoms with Crippen molar-refractivity contribution < 1.29 is 5.11 Å². The number of nitrogens with one attached hydrogen (secondary N) is 1. The van der Waals surface area contributed by atoms with Crippen molar-refractivity contribution in [3.05, 3.63) is 35.4 Å². The van der Waals surface area contributed by atoms with E-state index in [0.717, 1.165) is 63.2 Å². The number of hydrogen-bond donors (Lipinski definition) is 2. The van der Waals surface area contributed by atoms with E-state index in [-0.39, 0.29) is 0 Å². The van der Waals surface area contributed by atoms with Gasteiger partial charge in [0.2, 0.25) is 0 Å². The molecule has 1 aliphatic carbocycles. The van der Waals surface area contributed by atoms with Crippen LogP contribution >= 0.6 is 12.1 Å². The highest BCUT2D eigenvalue weighted by molar-refractivity contribution is 7.95. The molecule has 1 aromatic carbocycles. The Morgan fingerprint density at radius 2 is 1.88 bits per heavy atom. The van der Waals surface area contributed by atoms with Crippen molar-refractivity contribution in [1.29, 1.82) is 0 Å². The van der Waals surface area contributed by atoms with Gasteiger partial charge in [-0.2, -0.15) is 0 Å². The third-order valence-electron chi connectivity index (χ3n) is 5.13. The van der Waals surface area contributed by atoms with Gasteiger partial charge in [0.05, 0.1) is 5.60 Å². The average molecular weight is 351 g/mol.